The van der Waals surface area contributed by atoms with Gasteiger partial charge in [-0.2, -0.15) is 0 Å². The Morgan fingerprint density at radius 1 is 1.50 bits per heavy atom. The molecule has 100 valence electrons. The van der Waals surface area contributed by atoms with Crippen molar-refractivity contribution in [2.75, 3.05) is 6.61 Å². The van der Waals surface area contributed by atoms with Gasteiger partial charge < -0.3 is 9.84 Å². The number of esters is 1. The lowest BCUT2D eigenvalue weighted by molar-refractivity contribution is -0.385. The summed E-state index contributed by atoms with van der Waals surface area (Å²) in [6.07, 6.45) is -1.05. The molecule has 6 heteroatoms. The smallest absolute Gasteiger partial charge is 0.302 e. The molecule has 1 aromatic rings. The van der Waals surface area contributed by atoms with Crippen LogP contribution in [0.5, 0.6) is 0 Å². The summed E-state index contributed by atoms with van der Waals surface area (Å²) >= 11 is 0. The minimum atomic E-state index is -1.05. The van der Waals surface area contributed by atoms with Crippen LogP contribution in [0.1, 0.15) is 32.4 Å². The molecule has 1 aromatic carbocycles. The number of ether oxygens (including phenoxy) is 1. The molecule has 0 radical (unpaired) electrons. The maximum Gasteiger partial charge on any atom is 0.302 e. The van der Waals surface area contributed by atoms with Crippen molar-refractivity contribution in [3.05, 3.63) is 39.9 Å². The molecule has 6 nitrogen and oxygen atoms in total. The third-order valence-corrected chi connectivity index (χ3v) is 1.91. The lowest BCUT2D eigenvalue weighted by Gasteiger charge is -2.10. The van der Waals surface area contributed by atoms with Crippen LogP contribution in [0, 0.1) is 10.1 Å². The van der Waals surface area contributed by atoms with Gasteiger partial charge in [0.2, 0.25) is 0 Å². The van der Waals surface area contributed by atoms with Crippen LogP contribution in [0.3, 0.4) is 0 Å². The highest BCUT2D eigenvalue weighted by atomic mass is 16.6. The number of rotatable bonds is 4. The molecule has 1 N–H and O–H groups in total. The van der Waals surface area contributed by atoms with Crippen LogP contribution in [0.25, 0.3) is 0 Å². The molecule has 0 bridgehead atoms. The Balaban J connectivity index is 0.00000137. The molecule has 1 atom stereocenters. The molecule has 0 aliphatic heterocycles. The quantitative estimate of drug-likeness (QED) is 0.506. The highest BCUT2D eigenvalue weighted by molar-refractivity contribution is 5.65. The largest absolute Gasteiger partial charge is 0.463 e. The van der Waals surface area contributed by atoms with Crippen molar-refractivity contribution in [3.63, 3.8) is 0 Å². The maximum absolute atomic E-state index is 10.5. The molecule has 1 unspecified atom stereocenters. The van der Waals surface area contributed by atoms with Crippen molar-refractivity contribution < 1.29 is 19.6 Å². The molecule has 1 rings (SSSR count). The molecule has 18 heavy (non-hydrogen) atoms. The zero-order chi connectivity index (χ0) is 14.1. The second-order valence-electron chi connectivity index (χ2n) is 3.17. The molecule has 0 spiro atoms. The summed E-state index contributed by atoms with van der Waals surface area (Å²) in [5, 5.41) is 20.1. The number of aliphatic hydroxyl groups excluding tert-OH is 1. The summed E-state index contributed by atoms with van der Waals surface area (Å²) in [5.74, 6) is -0.510. The predicted molar refractivity (Wildman–Crippen MR) is 66.0 cm³/mol. The van der Waals surface area contributed by atoms with Crippen LogP contribution >= 0.6 is 0 Å². The van der Waals surface area contributed by atoms with E-state index in [0.29, 0.717) is 5.56 Å². The van der Waals surface area contributed by atoms with Crippen LogP contribution in [0.15, 0.2) is 24.3 Å². The number of carbonyl (C=O) groups is 1. The van der Waals surface area contributed by atoms with E-state index in [1.54, 1.807) is 0 Å². The summed E-state index contributed by atoms with van der Waals surface area (Å²) in [6.45, 7) is 5.01. The van der Waals surface area contributed by atoms with E-state index in [1.807, 2.05) is 13.8 Å². The molecule has 0 aliphatic rings. The number of hydrogen-bond acceptors (Lipinski definition) is 5. The minimum absolute atomic E-state index is 0.112. The fourth-order valence-corrected chi connectivity index (χ4v) is 1.14. The first-order valence-corrected chi connectivity index (χ1v) is 5.56. The van der Waals surface area contributed by atoms with Gasteiger partial charge in [-0.25, -0.2) is 0 Å². The highest BCUT2D eigenvalue weighted by Gasteiger charge is 2.13. The summed E-state index contributed by atoms with van der Waals surface area (Å²) in [7, 11) is 0. The van der Waals surface area contributed by atoms with Gasteiger partial charge in [-0.15, -0.1) is 0 Å². The molecule has 0 saturated heterocycles. The average molecular weight is 255 g/mol. The molecule has 0 amide bonds. The first-order valence-electron chi connectivity index (χ1n) is 5.56. The third kappa shape index (κ3) is 5.40. The van der Waals surface area contributed by atoms with E-state index >= 15 is 0 Å². The number of nitro groups is 1. The summed E-state index contributed by atoms with van der Waals surface area (Å²) in [4.78, 5) is 20.4. The van der Waals surface area contributed by atoms with Crippen molar-refractivity contribution in [2.45, 2.75) is 26.9 Å². The van der Waals surface area contributed by atoms with Gasteiger partial charge in [-0.05, 0) is 5.56 Å². The lowest BCUT2D eigenvalue weighted by Crippen LogP contribution is -2.10. The van der Waals surface area contributed by atoms with Crippen LogP contribution in [0.4, 0.5) is 5.69 Å². The Kier molecular flexibility index (Phi) is 7.30. The summed E-state index contributed by atoms with van der Waals surface area (Å²) in [5.41, 5.74) is 0.231. The number of nitro benzene ring substituents is 1. The topological polar surface area (TPSA) is 89.7 Å². The van der Waals surface area contributed by atoms with E-state index in [1.165, 1.54) is 31.2 Å². The predicted octanol–water partition coefficient (Wildman–Crippen LogP) is 2.22. The number of hydrogen-bond donors (Lipinski definition) is 1. The Morgan fingerprint density at radius 2 is 2.11 bits per heavy atom. The number of benzene rings is 1. The minimum Gasteiger partial charge on any atom is -0.463 e. The molecule has 0 saturated carbocycles. The molecular formula is C12H17NO5. The van der Waals surface area contributed by atoms with Gasteiger partial charge in [0.25, 0.3) is 5.69 Å². The fraction of sp³-hybridized carbons (Fsp3) is 0.417. The first kappa shape index (κ1) is 16.1. The van der Waals surface area contributed by atoms with Gasteiger partial charge in [-0.3, -0.25) is 14.9 Å². The second-order valence-corrected chi connectivity index (χ2v) is 3.17. The molecule has 0 heterocycles. The van der Waals surface area contributed by atoms with Gasteiger partial charge in [0, 0.05) is 19.1 Å². The van der Waals surface area contributed by atoms with E-state index < -0.39 is 17.0 Å². The maximum atomic E-state index is 10.5. The number of non-ortho nitro benzene ring substituents is 1. The van der Waals surface area contributed by atoms with Crippen LogP contribution < -0.4 is 0 Å². The van der Waals surface area contributed by atoms with Gasteiger partial charge in [0.15, 0.2) is 0 Å². The van der Waals surface area contributed by atoms with Crippen molar-refractivity contribution in [1.29, 1.82) is 0 Å². The standard InChI is InChI=1S/C10H11NO5.C2H6/c1-7(12)16-6-10(13)8-3-2-4-9(5-8)11(14)15;1-2/h2-5,10,13H,6H2,1H3;1-2H3. The second kappa shape index (κ2) is 8.19. The Labute approximate surface area is 105 Å². The van der Waals surface area contributed by atoms with E-state index in [4.69, 9.17) is 0 Å². The van der Waals surface area contributed by atoms with E-state index in [2.05, 4.69) is 4.74 Å². The highest BCUT2D eigenvalue weighted by Crippen LogP contribution is 2.19. The van der Waals surface area contributed by atoms with Crippen LogP contribution in [0.2, 0.25) is 0 Å². The first-order chi connectivity index (χ1) is 8.50. The van der Waals surface area contributed by atoms with Gasteiger partial charge in [0.1, 0.15) is 12.7 Å². The summed E-state index contributed by atoms with van der Waals surface area (Å²) < 4.78 is 4.60. The SMILES string of the molecule is CC.CC(=O)OCC(O)c1cccc([N+](=O)[O-])c1. The van der Waals surface area contributed by atoms with Crippen molar-refractivity contribution >= 4 is 11.7 Å². The zero-order valence-electron chi connectivity index (χ0n) is 10.6. The monoisotopic (exact) mass is 255 g/mol. The van der Waals surface area contributed by atoms with E-state index in [-0.39, 0.29) is 12.3 Å². The Hall–Kier alpha value is -1.95. The van der Waals surface area contributed by atoms with E-state index in [0.717, 1.165) is 0 Å². The fourth-order valence-electron chi connectivity index (χ4n) is 1.14. The lowest BCUT2D eigenvalue weighted by atomic mass is 10.1. The van der Waals surface area contributed by atoms with Crippen LogP contribution in [-0.2, 0) is 9.53 Å². The van der Waals surface area contributed by atoms with Crippen LogP contribution in [-0.4, -0.2) is 22.6 Å². The third-order valence-electron chi connectivity index (χ3n) is 1.91. The Bertz CT molecular complexity index is 405. The van der Waals surface area contributed by atoms with Crippen molar-refractivity contribution in [3.8, 4) is 0 Å². The molecule has 0 fully saturated rings. The van der Waals surface area contributed by atoms with Gasteiger partial charge >= 0.3 is 5.97 Å². The van der Waals surface area contributed by atoms with E-state index in [9.17, 15) is 20.0 Å². The number of aliphatic hydroxyl groups is 1. The zero-order valence-corrected chi connectivity index (χ0v) is 10.6. The number of nitrogens with zero attached hydrogens (tertiary/aromatic N) is 1. The molecular weight excluding hydrogens is 238 g/mol. The average Bonchev–Trinajstić information content (AvgIpc) is 2.38. The van der Waals surface area contributed by atoms with Crippen molar-refractivity contribution in [1.82, 2.24) is 0 Å². The normalized spacial score (nSPS) is 10.9. The van der Waals surface area contributed by atoms with Crippen molar-refractivity contribution in [2.24, 2.45) is 0 Å². The molecule has 0 aliphatic carbocycles. The van der Waals surface area contributed by atoms with Gasteiger partial charge in [0.05, 0.1) is 4.92 Å². The van der Waals surface area contributed by atoms with Gasteiger partial charge in [-0.1, -0.05) is 26.0 Å². The number of carbonyl (C=O) groups excluding carboxylic acids is 1. The Morgan fingerprint density at radius 3 is 2.61 bits per heavy atom. The summed E-state index contributed by atoms with van der Waals surface area (Å²) in [6, 6.07) is 5.56. The molecule has 0 aromatic heterocycles.